The molecule has 0 spiro atoms. The van der Waals surface area contributed by atoms with Gasteiger partial charge in [0.1, 0.15) is 5.69 Å². The van der Waals surface area contributed by atoms with Crippen molar-refractivity contribution in [2.75, 3.05) is 5.32 Å². The van der Waals surface area contributed by atoms with Gasteiger partial charge in [-0.05, 0) is 68.3 Å². The normalized spacial score (nSPS) is 14.7. The molecule has 1 aliphatic rings. The molecule has 1 N–H and O–H groups in total. The molecule has 2 aromatic carbocycles. The highest BCUT2D eigenvalue weighted by molar-refractivity contribution is 5.77. The summed E-state index contributed by atoms with van der Waals surface area (Å²) in [4.78, 5) is 17.6. The summed E-state index contributed by atoms with van der Waals surface area (Å²) in [6, 6.07) is 12.3. The van der Waals surface area contributed by atoms with E-state index < -0.39 is 23.0 Å². The number of benzene rings is 2. The van der Waals surface area contributed by atoms with Gasteiger partial charge >= 0.3 is 6.18 Å². The van der Waals surface area contributed by atoms with Crippen molar-refractivity contribution < 1.29 is 17.6 Å². The topological polar surface area (TPSA) is 98.7 Å². The van der Waals surface area contributed by atoms with E-state index in [1.165, 1.54) is 24.7 Å². The number of hydrogen-bond donors (Lipinski definition) is 1. The molecule has 0 radical (unpaired) electrons. The van der Waals surface area contributed by atoms with Gasteiger partial charge in [-0.2, -0.15) is 33.1 Å². The quantitative estimate of drug-likeness (QED) is 0.319. The smallest absolute Gasteiger partial charge is 0.418 e. The molecule has 0 fully saturated rings. The Labute approximate surface area is 220 Å². The number of rotatable bonds is 4. The highest BCUT2D eigenvalue weighted by Gasteiger charge is 2.36. The van der Waals surface area contributed by atoms with Gasteiger partial charge < -0.3 is 9.73 Å². The number of aromatic nitrogens is 5. The van der Waals surface area contributed by atoms with E-state index >= 15 is 0 Å². The second-order valence-corrected chi connectivity index (χ2v) is 9.46. The maximum atomic E-state index is 14.2. The van der Waals surface area contributed by atoms with Crippen LogP contribution in [0.5, 0.6) is 0 Å². The number of nitrogens with zero attached hydrogens (tertiary/aromatic N) is 5. The lowest BCUT2D eigenvalue weighted by Crippen LogP contribution is -2.27. The first-order valence-corrected chi connectivity index (χ1v) is 12.1. The van der Waals surface area contributed by atoms with Crippen LogP contribution < -0.4 is 10.9 Å². The minimum atomic E-state index is -4.74. The van der Waals surface area contributed by atoms with Crippen molar-refractivity contribution in [3.05, 3.63) is 94.4 Å². The number of nitrogens with one attached hydrogen (secondary N) is 1. The van der Waals surface area contributed by atoms with Crippen LogP contribution in [0.3, 0.4) is 0 Å². The third kappa shape index (κ3) is 4.45. The SMILES string of the molecule is Cc1cc(-c2cnco2)cc(-c2nn(-c3cc(-c4cccnn4)ccc3C(F)(F)F)c(=O)c3c2CC(C)N3)c1. The Balaban J connectivity index is 1.62. The number of oxazole rings is 1. The highest BCUT2D eigenvalue weighted by atomic mass is 19.4. The molecular formula is C28H21F3N6O2. The zero-order chi connectivity index (χ0) is 27.3. The molecule has 0 saturated carbocycles. The summed E-state index contributed by atoms with van der Waals surface area (Å²) in [6.07, 6.45) is 0.122. The lowest BCUT2D eigenvalue weighted by molar-refractivity contribution is -0.137. The Bertz CT molecular complexity index is 1750. The summed E-state index contributed by atoms with van der Waals surface area (Å²) in [6.45, 7) is 3.80. The molecule has 4 heterocycles. The van der Waals surface area contributed by atoms with Crippen LogP contribution in [0.4, 0.5) is 18.9 Å². The molecule has 0 aliphatic carbocycles. The van der Waals surface area contributed by atoms with Crippen molar-refractivity contribution in [2.24, 2.45) is 0 Å². The van der Waals surface area contributed by atoms with E-state index in [4.69, 9.17) is 4.42 Å². The average Bonchev–Trinajstić information content (AvgIpc) is 3.59. The molecule has 1 unspecified atom stereocenters. The monoisotopic (exact) mass is 530 g/mol. The van der Waals surface area contributed by atoms with Gasteiger partial charge in [-0.25, -0.2) is 4.98 Å². The zero-order valence-corrected chi connectivity index (χ0v) is 20.8. The second-order valence-electron chi connectivity index (χ2n) is 9.46. The summed E-state index contributed by atoms with van der Waals surface area (Å²) in [7, 11) is 0. The van der Waals surface area contributed by atoms with Crippen LogP contribution in [0.15, 0.2) is 76.5 Å². The Kier molecular flexibility index (Phi) is 5.78. The van der Waals surface area contributed by atoms with Crippen molar-refractivity contribution in [1.29, 1.82) is 0 Å². The lowest BCUT2D eigenvalue weighted by Gasteiger charge is -2.18. The fraction of sp³-hybridized carbons (Fsp3) is 0.179. The number of hydrogen-bond acceptors (Lipinski definition) is 7. The van der Waals surface area contributed by atoms with Crippen LogP contribution in [0, 0.1) is 6.92 Å². The van der Waals surface area contributed by atoms with E-state index in [1.807, 2.05) is 32.0 Å². The van der Waals surface area contributed by atoms with Crippen LogP contribution in [0.2, 0.25) is 0 Å². The summed E-state index contributed by atoms with van der Waals surface area (Å²) >= 11 is 0. The van der Waals surface area contributed by atoms with Crippen molar-refractivity contribution in [2.45, 2.75) is 32.5 Å². The molecule has 0 amide bonds. The summed E-state index contributed by atoms with van der Waals surface area (Å²) in [5, 5.41) is 15.5. The number of alkyl halides is 3. The Hall–Kier alpha value is -4.80. The fourth-order valence-corrected chi connectivity index (χ4v) is 4.89. The first-order chi connectivity index (χ1) is 18.7. The van der Waals surface area contributed by atoms with Gasteiger partial charge in [0.15, 0.2) is 12.2 Å². The van der Waals surface area contributed by atoms with Crippen molar-refractivity contribution in [3.63, 3.8) is 0 Å². The molecule has 39 heavy (non-hydrogen) atoms. The van der Waals surface area contributed by atoms with Crippen molar-refractivity contribution in [3.8, 4) is 39.5 Å². The van der Waals surface area contributed by atoms with Gasteiger partial charge in [-0.15, -0.1) is 0 Å². The number of halogens is 3. The summed E-state index contributed by atoms with van der Waals surface area (Å²) in [5.74, 6) is 0.535. The van der Waals surface area contributed by atoms with Gasteiger partial charge in [-0.3, -0.25) is 4.79 Å². The van der Waals surface area contributed by atoms with E-state index in [0.717, 1.165) is 21.9 Å². The number of aryl methyl sites for hydroxylation is 1. The van der Waals surface area contributed by atoms with Gasteiger partial charge in [-0.1, -0.05) is 6.07 Å². The molecule has 0 saturated heterocycles. The van der Waals surface area contributed by atoms with E-state index in [2.05, 4.69) is 25.6 Å². The molecular weight excluding hydrogens is 509 g/mol. The predicted molar refractivity (Wildman–Crippen MR) is 138 cm³/mol. The van der Waals surface area contributed by atoms with E-state index in [0.29, 0.717) is 40.3 Å². The average molecular weight is 531 g/mol. The molecule has 1 aliphatic heterocycles. The van der Waals surface area contributed by atoms with Crippen LogP contribution >= 0.6 is 0 Å². The van der Waals surface area contributed by atoms with Gasteiger partial charge in [0.2, 0.25) is 0 Å². The largest absolute Gasteiger partial charge is 0.444 e. The molecule has 5 aromatic rings. The Morgan fingerprint density at radius 1 is 1.08 bits per heavy atom. The van der Waals surface area contributed by atoms with E-state index in [-0.39, 0.29) is 11.7 Å². The predicted octanol–water partition coefficient (Wildman–Crippen LogP) is 5.70. The molecule has 0 bridgehead atoms. The molecule has 196 valence electrons. The van der Waals surface area contributed by atoms with Crippen molar-refractivity contribution >= 4 is 5.69 Å². The molecule has 3 aromatic heterocycles. The lowest BCUT2D eigenvalue weighted by atomic mass is 9.98. The fourth-order valence-electron chi connectivity index (χ4n) is 4.89. The standard InChI is InChI=1S/C28H21F3N6O2/c1-15-8-18(24-13-32-14-39-24)11-19(9-15)25-20-10-16(2)34-26(20)27(38)37(36-25)23-12-17(22-4-3-7-33-35-22)5-6-21(23)28(29,30)31/h3-9,11-14,16,34H,10H2,1-2H3. The summed E-state index contributed by atoms with van der Waals surface area (Å²) < 4.78 is 49.0. The third-order valence-corrected chi connectivity index (χ3v) is 6.56. The minimum absolute atomic E-state index is 0.101. The highest BCUT2D eigenvalue weighted by Crippen LogP contribution is 2.38. The first kappa shape index (κ1) is 24.5. The molecule has 1 atom stereocenters. The van der Waals surface area contributed by atoms with Crippen molar-refractivity contribution in [1.82, 2.24) is 25.0 Å². The second kappa shape index (κ2) is 9.19. The Morgan fingerprint density at radius 2 is 1.90 bits per heavy atom. The number of fused-ring (bicyclic) bond motifs is 1. The first-order valence-electron chi connectivity index (χ1n) is 12.1. The Morgan fingerprint density at radius 3 is 2.62 bits per heavy atom. The van der Waals surface area contributed by atoms with E-state index in [1.54, 1.807) is 18.3 Å². The van der Waals surface area contributed by atoms with Crippen LogP contribution in [-0.4, -0.2) is 31.0 Å². The number of anilines is 1. The molecule has 8 nitrogen and oxygen atoms in total. The van der Waals surface area contributed by atoms with Crippen LogP contribution in [0.1, 0.15) is 23.6 Å². The zero-order valence-electron chi connectivity index (χ0n) is 20.8. The minimum Gasteiger partial charge on any atom is -0.444 e. The maximum absolute atomic E-state index is 14.2. The molecule has 11 heteroatoms. The van der Waals surface area contributed by atoms with Crippen LogP contribution in [0.25, 0.3) is 39.5 Å². The van der Waals surface area contributed by atoms with Gasteiger partial charge in [0.25, 0.3) is 5.56 Å². The van der Waals surface area contributed by atoms with Gasteiger partial charge in [0.05, 0.1) is 28.8 Å². The van der Waals surface area contributed by atoms with E-state index in [9.17, 15) is 18.0 Å². The maximum Gasteiger partial charge on any atom is 0.418 e. The van der Waals surface area contributed by atoms with Gasteiger partial charge in [0, 0.05) is 34.5 Å². The van der Waals surface area contributed by atoms with Crippen LogP contribution in [-0.2, 0) is 12.6 Å². The summed E-state index contributed by atoms with van der Waals surface area (Å²) in [5.41, 5.74) is 2.22. The third-order valence-electron chi connectivity index (χ3n) is 6.56. The molecule has 6 rings (SSSR count).